The van der Waals surface area contributed by atoms with E-state index in [0.29, 0.717) is 18.7 Å². The minimum atomic E-state index is -4.69. The second kappa shape index (κ2) is 9.41. The van der Waals surface area contributed by atoms with Crippen LogP contribution in [0.2, 0.25) is 5.02 Å². The summed E-state index contributed by atoms with van der Waals surface area (Å²) < 4.78 is 69.3. The zero-order valence-corrected chi connectivity index (χ0v) is 21.5. The molecule has 1 aromatic heterocycles. The molecule has 1 aromatic carbocycles. The standard InChI is InChI=1S/C24H27ClF3N3O4S/c1-23(2,35-20-8-4-14(25)10-19(20)24(26,27)28)22(32)30-15-11-16-5-6-17(12-15)31(16)21-9-7-18(13-29-21)36(3,33)34/h4,7-10,13,15-17H,5-6,11-12H2,1-3H3,(H,30,32). The number of anilines is 1. The Kier molecular flexibility index (Phi) is 6.93. The topological polar surface area (TPSA) is 88.6 Å². The number of alkyl halides is 3. The predicted molar refractivity (Wildman–Crippen MR) is 129 cm³/mol. The van der Waals surface area contributed by atoms with Gasteiger partial charge in [0.2, 0.25) is 0 Å². The highest BCUT2D eigenvalue weighted by atomic mass is 35.5. The number of amides is 1. The monoisotopic (exact) mass is 545 g/mol. The highest BCUT2D eigenvalue weighted by Crippen LogP contribution is 2.40. The van der Waals surface area contributed by atoms with E-state index in [-0.39, 0.29) is 28.0 Å². The number of nitrogens with one attached hydrogen (secondary N) is 1. The largest absolute Gasteiger partial charge is 0.477 e. The number of rotatable bonds is 6. The van der Waals surface area contributed by atoms with Gasteiger partial charge in [0, 0.05) is 35.6 Å². The number of aromatic nitrogens is 1. The molecular weight excluding hydrogens is 519 g/mol. The summed E-state index contributed by atoms with van der Waals surface area (Å²) in [5.41, 5.74) is -2.61. The molecule has 12 heteroatoms. The van der Waals surface area contributed by atoms with E-state index in [2.05, 4.69) is 15.2 Å². The second-order valence-corrected chi connectivity index (χ2v) is 12.3. The van der Waals surface area contributed by atoms with Gasteiger partial charge < -0.3 is 15.0 Å². The Morgan fingerprint density at radius 3 is 2.31 bits per heavy atom. The summed E-state index contributed by atoms with van der Waals surface area (Å²) in [6.45, 7) is 2.85. The van der Waals surface area contributed by atoms with Crippen LogP contribution >= 0.6 is 11.6 Å². The van der Waals surface area contributed by atoms with Gasteiger partial charge in [-0.25, -0.2) is 13.4 Å². The Hall–Kier alpha value is -2.53. The van der Waals surface area contributed by atoms with E-state index in [1.807, 2.05) is 0 Å². The average Bonchev–Trinajstić information content (AvgIpc) is 3.04. The van der Waals surface area contributed by atoms with Gasteiger partial charge in [-0.05, 0) is 69.9 Å². The molecule has 7 nitrogen and oxygen atoms in total. The maximum Gasteiger partial charge on any atom is 0.420 e. The Labute approximate surface area is 212 Å². The number of hydrogen-bond donors (Lipinski definition) is 1. The first-order chi connectivity index (χ1) is 16.6. The van der Waals surface area contributed by atoms with Crippen molar-refractivity contribution in [3.8, 4) is 5.75 Å². The van der Waals surface area contributed by atoms with E-state index < -0.39 is 38.8 Å². The van der Waals surface area contributed by atoms with Crippen molar-refractivity contribution in [2.24, 2.45) is 0 Å². The van der Waals surface area contributed by atoms with Gasteiger partial charge in [0.25, 0.3) is 5.91 Å². The van der Waals surface area contributed by atoms with E-state index in [1.165, 1.54) is 32.2 Å². The summed E-state index contributed by atoms with van der Waals surface area (Å²) >= 11 is 5.73. The Morgan fingerprint density at radius 1 is 1.14 bits per heavy atom. The zero-order chi connectivity index (χ0) is 26.5. The van der Waals surface area contributed by atoms with Crippen LogP contribution in [-0.4, -0.2) is 49.3 Å². The minimum absolute atomic E-state index is 0.0837. The highest BCUT2D eigenvalue weighted by molar-refractivity contribution is 7.90. The molecule has 2 aliphatic heterocycles. The van der Waals surface area contributed by atoms with Gasteiger partial charge in [-0.3, -0.25) is 4.79 Å². The van der Waals surface area contributed by atoms with Gasteiger partial charge in [-0.2, -0.15) is 13.2 Å². The van der Waals surface area contributed by atoms with Crippen LogP contribution in [0.5, 0.6) is 5.75 Å². The van der Waals surface area contributed by atoms with Gasteiger partial charge in [0.1, 0.15) is 11.6 Å². The second-order valence-electron chi connectivity index (χ2n) is 9.81. The number of hydrogen-bond acceptors (Lipinski definition) is 6. The fourth-order valence-electron chi connectivity index (χ4n) is 4.91. The van der Waals surface area contributed by atoms with Crippen molar-refractivity contribution in [1.82, 2.24) is 10.3 Å². The van der Waals surface area contributed by atoms with Gasteiger partial charge in [-0.15, -0.1) is 0 Å². The third-order valence-corrected chi connectivity index (χ3v) is 7.97. The van der Waals surface area contributed by atoms with Crippen molar-refractivity contribution in [3.05, 3.63) is 47.1 Å². The predicted octanol–water partition coefficient (Wildman–Crippen LogP) is 4.63. The van der Waals surface area contributed by atoms with E-state index in [4.69, 9.17) is 16.3 Å². The molecule has 4 rings (SSSR count). The number of benzene rings is 1. The number of carbonyl (C=O) groups excluding carboxylic acids is 1. The van der Waals surface area contributed by atoms with Gasteiger partial charge in [-0.1, -0.05) is 11.6 Å². The number of pyridine rings is 1. The van der Waals surface area contributed by atoms with E-state index in [1.54, 1.807) is 6.07 Å². The van der Waals surface area contributed by atoms with Crippen LogP contribution in [0.3, 0.4) is 0 Å². The van der Waals surface area contributed by atoms with E-state index in [9.17, 15) is 26.4 Å². The third-order valence-electron chi connectivity index (χ3n) is 6.64. The summed E-state index contributed by atoms with van der Waals surface area (Å²) in [7, 11) is -3.34. The molecule has 0 radical (unpaired) electrons. The van der Waals surface area contributed by atoms with Gasteiger partial charge in [0.15, 0.2) is 15.4 Å². The fraction of sp³-hybridized carbons (Fsp3) is 0.500. The first kappa shape index (κ1) is 26.5. The number of ether oxygens (including phenoxy) is 1. The molecule has 2 atom stereocenters. The fourth-order valence-corrected chi connectivity index (χ4v) is 5.64. The average molecular weight is 546 g/mol. The van der Waals surface area contributed by atoms with Crippen LogP contribution in [0.4, 0.5) is 19.0 Å². The maximum absolute atomic E-state index is 13.4. The van der Waals surface area contributed by atoms with Crippen LogP contribution in [0.1, 0.15) is 45.1 Å². The number of piperidine rings is 1. The van der Waals surface area contributed by atoms with Gasteiger partial charge in [0.05, 0.1) is 10.5 Å². The summed E-state index contributed by atoms with van der Waals surface area (Å²) in [6.07, 6.45) is 0.837. The molecule has 3 heterocycles. The minimum Gasteiger partial charge on any atom is -0.477 e. The molecule has 36 heavy (non-hydrogen) atoms. The van der Waals surface area contributed by atoms with Crippen molar-refractivity contribution in [3.63, 3.8) is 0 Å². The van der Waals surface area contributed by atoms with E-state index >= 15 is 0 Å². The molecule has 2 unspecified atom stereocenters. The molecule has 2 bridgehead atoms. The molecule has 1 N–H and O–H groups in total. The summed E-state index contributed by atoms with van der Waals surface area (Å²) in [4.78, 5) is 19.7. The zero-order valence-electron chi connectivity index (χ0n) is 20.0. The van der Waals surface area contributed by atoms with Crippen molar-refractivity contribution in [2.75, 3.05) is 11.2 Å². The maximum atomic E-state index is 13.4. The lowest BCUT2D eigenvalue weighted by atomic mass is 9.96. The summed E-state index contributed by atoms with van der Waals surface area (Å²) in [5, 5.41) is 2.87. The number of nitrogens with zero attached hydrogens (tertiary/aromatic N) is 2. The summed E-state index contributed by atoms with van der Waals surface area (Å²) in [5.74, 6) is -0.296. The first-order valence-electron chi connectivity index (χ1n) is 11.5. The molecule has 0 aliphatic carbocycles. The molecule has 0 spiro atoms. The van der Waals surface area contributed by atoms with Crippen molar-refractivity contribution >= 4 is 33.2 Å². The first-order valence-corrected chi connectivity index (χ1v) is 13.7. The lowest BCUT2D eigenvalue weighted by molar-refractivity contribution is -0.143. The molecule has 2 fully saturated rings. The molecule has 2 saturated heterocycles. The van der Waals surface area contributed by atoms with Gasteiger partial charge >= 0.3 is 6.18 Å². The Morgan fingerprint density at radius 2 is 1.78 bits per heavy atom. The Bertz CT molecular complexity index is 1240. The van der Waals surface area contributed by atoms with Crippen LogP contribution in [-0.2, 0) is 20.8 Å². The number of halogens is 4. The normalized spacial score (nSPS) is 22.4. The third kappa shape index (κ3) is 5.56. The van der Waals surface area contributed by atoms with Crippen molar-refractivity contribution < 1.29 is 31.1 Å². The number of sulfone groups is 1. The van der Waals surface area contributed by atoms with Crippen molar-refractivity contribution in [1.29, 1.82) is 0 Å². The number of fused-ring (bicyclic) bond motifs is 2. The van der Waals surface area contributed by atoms with Crippen LogP contribution in [0.25, 0.3) is 0 Å². The smallest absolute Gasteiger partial charge is 0.420 e. The lowest BCUT2D eigenvalue weighted by Crippen LogP contribution is -2.55. The highest BCUT2D eigenvalue weighted by Gasteiger charge is 2.44. The van der Waals surface area contributed by atoms with Crippen molar-refractivity contribution in [2.45, 2.75) is 74.3 Å². The molecule has 1 amide bonds. The molecule has 2 aliphatic rings. The SMILES string of the molecule is CC(C)(Oc1ccc(Cl)cc1C(F)(F)F)C(=O)NC1CC2CCC(C1)N2c1ccc(S(C)(=O)=O)cn1. The van der Waals surface area contributed by atoms with Crippen LogP contribution in [0.15, 0.2) is 41.4 Å². The molecule has 0 saturated carbocycles. The summed E-state index contributed by atoms with van der Waals surface area (Å²) in [6, 6.07) is 6.42. The van der Waals surface area contributed by atoms with E-state index in [0.717, 1.165) is 31.2 Å². The number of carbonyl (C=O) groups is 1. The lowest BCUT2D eigenvalue weighted by Gasteiger charge is -2.41. The van der Waals surface area contributed by atoms with Crippen LogP contribution < -0.4 is 15.0 Å². The molecular formula is C24H27ClF3N3O4S. The molecule has 2 aromatic rings. The Balaban J connectivity index is 1.43. The quantitative estimate of drug-likeness (QED) is 0.569. The molecule has 196 valence electrons. The van der Waals surface area contributed by atoms with Crippen LogP contribution in [0, 0.1) is 0 Å².